The SMILES string of the molecule is CN(C(=O)c1ccc(NN)cc1)C1CCCCC1. The van der Waals surface area contributed by atoms with E-state index in [1.807, 2.05) is 36.2 Å². The van der Waals surface area contributed by atoms with E-state index in [0.29, 0.717) is 6.04 Å². The largest absolute Gasteiger partial charge is 0.339 e. The lowest BCUT2D eigenvalue weighted by Gasteiger charge is -2.31. The molecule has 0 spiro atoms. The number of rotatable bonds is 3. The molecule has 0 bridgehead atoms. The second-order valence-corrected chi connectivity index (χ2v) is 4.93. The van der Waals surface area contributed by atoms with Crippen molar-refractivity contribution >= 4 is 11.6 Å². The van der Waals surface area contributed by atoms with Crippen LogP contribution in [0.1, 0.15) is 42.5 Å². The molecule has 0 aliphatic heterocycles. The van der Waals surface area contributed by atoms with Crippen LogP contribution in [0.2, 0.25) is 0 Å². The van der Waals surface area contributed by atoms with Crippen LogP contribution in [-0.4, -0.2) is 23.9 Å². The molecule has 1 amide bonds. The molecular weight excluding hydrogens is 226 g/mol. The van der Waals surface area contributed by atoms with Crippen molar-refractivity contribution in [3.63, 3.8) is 0 Å². The third kappa shape index (κ3) is 2.82. The van der Waals surface area contributed by atoms with Crippen LogP contribution in [0.3, 0.4) is 0 Å². The second-order valence-electron chi connectivity index (χ2n) is 4.93. The Hall–Kier alpha value is -1.55. The van der Waals surface area contributed by atoms with Crippen molar-refractivity contribution in [1.29, 1.82) is 0 Å². The molecule has 2 rings (SSSR count). The quantitative estimate of drug-likeness (QED) is 0.637. The molecule has 1 aromatic rings. The van der Waals surface area contributed by atoms with Gasteiger partial charge < -0.3 is 10.3 Å². The molecule has 4 nitrogen and oxygen atoms in total. The van der Waals surface area contributed by atoms with Gasteiger partial charge in [0, 0.05) is 24.3 Å². The monoisotopic (exact) mass is 247 g/mol. The minimum atomic E-state index is 0.102. The third-order valence-corrected chi connectivity index (χ3v) is 3.74. The Morgan fingerprint density at radius 3 is 2.39 bits per heavy atom. The van der Waals surface area contributed by atoms with Crippen LogP contribution >= 0.6 is 0 Å². The Labute approximate surface area is 108 Å². The van der Waals surface area contributed by atoms with Gasteiger partial charge >= 0.3 is 0 Å². The van der Waals surface area contributed by atoms with E-state index in [-0.39, 0.29) is 5.91 Å². The number of nitrogen functional groups attached to an aromatic ring is 1. The first-order valence-electron chi connectivity index (χ1n) is 6.56. The number of carbonyl (C=O) groups excluding carboxylic acids is 1. The lowest BCUT2D eigenvalue weighted by Crippen LogP contribution is -2.38. The smallest absolute Gasteiger partial charge is 0.253 e. The summed E-state index contributed by atoms with van der Waals surface area (Å²) in [5, 5.41) is 0. The van der Waals surface area contributed by atoms with Gasteiger partial charge in [-0.3, -0.25) is 10.6 Å². The molecule has 98 valence electrons. The average molecular weight is 247 g/mol. The standard InChI is InChI=1S/C14H21N3O/c1-17(13-5-3-2-4-6-13)14(18)11-7-9-12(16-15)10-8-11/h7-10,13,16H,2-6,15H2,1H3. The molecule has 0 unspecified atom stereocenters. The zero-order chi connectivity index (χ0) is 13.0. The van der Waals surface area contributed by atoms with Crippen molar-refractivity contribution < 1.29 is 4.79 Å². The normalized spacial score (nSPS) is 16.3. The Morgan fingerprint density at radius 2 is 1.83 bits per heavy atom. The fourth-order valence-electron chi connectivity index (χ4n) is 2.55. The first-order valence-corrected chi connectivity index (χ1v) is 6.56. The number of nitrogens with zero attached hydrogens (tertiary/aromatic N) is 1. The van der Waals surface area contributed by atoms with Gasteiger partial charge in [-0.05, 0) is 37.1 Å². The summed E-state index contributed by atoms with van der Waals surface area (Å²) in [6.07, 6.45) is 6.03. The van der Waals surface area contributed by atoms with Crippen molar-refractivity contribution in [2.24, 2.45) is 5.84 Å². The highest BCUT2D eigenvalue weighted by Gasteiger charge is 2.22. The van der Waals surface area contributed by atoms with Crippen LogP contribution in [0, 0.1) is 0 Å². The molecule has 4 heteroatoms. The number of nitrogens with one attached hydrogen (secondary N) is 1. The van der Waals surface area contributed by atoms with Gasteiger partial charge in [-0.2, -0.15) is 0 Å². The summed E-state index contributed by atoms with van der Waals surface area (Å²) in [6.45, 7) is 0. The molecule has 0 aromatic heterocycles. The van der Waals surface area contributed by atoms with Crippen LogP contribution < -0.4 is 11.3 Å². The number of hydrogen-bond acceptors (Lipinski definition) is 3. The van der Waals surface area contributed by atoms with Crippen LogP contribution in [0.4, 0.5) is 5.69 Å². The lowest BCUT2D eigenvalue weighted by atomic mass is 9.94. The minimum Gasteiger partial charge on any atom is -0.339 e. The average Bonchev–Trinajstić information content (AvgIpc) is 2.47. The van der Waals surface area contributed by atoms with Crippen LogP contribution in [-0.2, 0) is 0 Å². The number of anilines is 1. The molecule has 1 aromatic carbocycles. The van der Waals surface area contributed by atoms with Crippen LogP contribution in [0.5, 0.6) is 0 Å². The molecule has 1 saturated carbocycles. The fourth-order valence-corrected chi connectivity index (χ4v) is 2.55. The minimum absolute atomic E-state index is 0.102. The third-order valence-electron chi connectivity index (χ3n) is 3.74. The van der Waals surface area contributed by atoms with E-state index in [4.69, 9.17) is 5.84 Å². The van der Waals surface area contributed by atoms with Gasteiger partial charge in [0.2, 0.25) is 0 Å². The molecule has 1 aliphatic carbocycles. The highest BCUT2D eigenvalue weighted by atomic mass is 16.2. The molecule has 0 heterocycles. The number of hydrogen-bond donors (Lipinski definition) is 2. The predicted molar refractivity (Wildman–Crippen MR) is 73.2 cm³/mol. The van der Waals surface area contributed by atoms with Crippen molar-refractivity contribution in [2.75, 3.05) is 12.5 Å². The topological polar surface area (TPSA) is 58.4 Å². The maximum Gasteiger partial charge on any atom is 0.253 e. The highest BCUT2D eigenvalue weighted by molar-refractivity contribution is 5.94. The van der Waals surface area contributed by atoms with Crippen molar-refractivity contribution in [3.8, 4) is 0 Å². The maximum absolute atomic E-state index is 12.3. The lowest BCUT2D eigenvalue weighted by molar-refractivity contribution is 0.0696. The molecule has 1 aliphatic rings. The van der Waals surface area contributed by atoms with E-state index in [1.54, 1.807) is 0 Å². The first kappa shape index (κ1) is 12.9. The summed E-state index contributed by atoms with van der Waals surface area (Å²) in [4.78, 5) is 14.2. The van der Waals surface area contributed by atoms with E-state index >= 15 is 0 Å². The Balaban J connectivity index is 2.04. The molecule has 0 saturated heterocycles. The predicted octanol–water partition coefficient (Wildman–Crippen LogP) is 2.38. The molecule has 18 heavy (non-hydrogen) atoms. The second kappa shape index (κ2) is 5.87. The van der Waals surface area contributed by atoms with E-state index in [9.17, 15) is 4.79 Å². The van der Waals surface area contributed by atoms with Crippen LogP contribution in [0.15, 0.2) is 24.3 Å². The number of benzene rings is 1. The van der Waals surface area contributed by atoms with Gasteiger partial charge in [-0.15, -0.1) is 0 Å². The Kier molecular flexibility index (Phi) is 4.20. The summed E-state index contributed by atoms with van der Waals surface area (Å²) in [6, 6.07) is 7.68. The van der Waals surface area contributed by atoms with Gasteiger partial charge in [0.25, 0.3) is 5.91 Å². The maximum atomic E-state index is 12.3. The summed E-state index contributed by atoms with van der Waals surface area (Å²) < 4.78 is 0. The van der Waals surface area contributed by atoms with Crippen molar-refractivity contribution in [3.05, 3.63) is 29.8 Å². The number of amides is 1. The van der Waals surface area contributed by atoms with E-state index < -0.39 is 0 Å². The molecule has 0 atom stereocenters. The zero-order valence-corrected chi connectivity index (χ0v) is 10.9. The highest BCUT2D eigenvalue weighted by Crippen LogP contribution is 2.23. The summed E-state index contributed by atoms with van der Waals surface area (Å²) in [7, 11) is 1.91. The van der Waals surface area contributed by atoms with E-state index in [0.717, 1.165) is 24.1 Å². The summed E-state index contributed by atoms with van der Waals surface area (Å²) in [5.41, 5.74) is 4.10. The number of nitrogens with two attached hydrogens (primary N) is 1. The van der Waals surface area contributed by atoms with Crippen LogP contribution in [0.25, 0.3) is 0 Å². The van der Waals surface area contributed by atoms with Crippen molar-refractivity contribution in [1.82, 2.24) is 4.90 Å². The van der Waals surface area contributed by atoms with E-state index in [1.165, 1.54) is 19.3 Å². The van der Waals surface area contributed by atoms with Gasteiger partial charge in [0.1, 0.15) is 0 Å². The molecular formula is C14H21N3O. The Bertz CT molecular complexity index is 396. The number of hydrazine groups is 1. The fraction of sp³-hybridized carbons (Fsp3) is 0.500. The molecule has 3 N–H and O–H groups in total. The van der Waals surface area contributed by atoms with Crippen molar-refractivity contribution in [2.45, 2.75) is 38.1 Å². The van der Waals surface area contributed by atoms with Gasteiger partial charge in [0.05, 0.1) is 0 Å². The van der Waals surface area contributed by atoms with E-state index in [2.05, 4.69) is 5.43 Å². The molecule has 1 fully saturated rings. The van der Waals surface area contributed by atoms with Gasteiger partial charge in [-0.1, -0.05) is 19.3 Å². The summed E-state index contributed by atoms with van der Waals surface area (Å²) >= 11 is 0. The van der Waals surface area contributed by atoms with Gasteiger partial charge in [0.15, 0.2) is 0 Å². The Morgan fingerprint density at radius 1 is 1.22 bits per heavy atom. The number of carbonyl (C=O) groups is 1. The zero-order valence-electron chi connectivity index (χ0n) is 10.9. The summed E-state index contributed by atoms with van der Waals surface area (Å²) in [5.74, 6) is 5.41. The van der Waals surface area contributed by atoms with Gasteiger partial charge in [-0.25, -0.2) is 0 Å². The molecule has 0 radical (unpaired) electrons. The first-order chi connectivity index (χ1) is 8.72.